The van der Waals surface area contributed by atoms with Gasteiger partial charge in [0, 0.05) is 6.07 Å². The molecule has 0 aliphatic carbocycles. The van der Waals surface area contributed by atoms with Crippen molar-refractivity contribution in [1.29, 1.82) is 0 Å². The second-order valence-electron chi connectivity index (χ2n) is 7.27. The summed E-state index contributed by atoms with van der Waals surface area (Å²) in [7, 11) is -2.95. The Bertz CT molecular complexity index is 1280. The lowest BCUT2D eigenvalue weighted by atomic mass is 10.2. The minimum Gasteiger partial charge on any atom is -0.495 e. The number of sulfonamides is 1. The van der Waals surface area contributed by atoms with Gasteiger partial charge in [-0.15, -0.1) is 0 Å². The van der Waals surface area contributed by atoms with Gasteiger partial charge in [0.25, 0.3) is 10.0 Å². The van der Waals surface area contributed by atoms with Crippen molar-refractivity contribution in [2.45, 2.75) is 18.7 Å². The smallest absolute Gasteiger partial charge is 0.268 e. The maximum Gasteiger partial charge on any atom is 0.268 e. The van der Waals surface area contributed by atoms with Crippen LogP contribution in [0.15, 0.2) is 65.6 Å². The van der Waals surface area contributed by atoms with Crippen LogP contribution in [-0.2, 0) is 14.8 Å². The Morgan fingerprint density at radius 2 is 1.74 bits per heavy atom. The van der Waals surface area contributed by atoms with Crippen molar-refractivity contribution in [3.05, 3.63) is 77.9 Å². The summed E-state index contributed by atoms with van der Waals surface area (Å²) >= 11 is 0. The van der Waals surface area contributed by atoms with Gasteiger partial charge in [-0.2, -0.15) is 0 Å². The minimum absolute atomic E-state index is 0.103. The molecule has 10 heteroatoms. The highest BCUT2D eigenvalue weighted by atomic mass is 32.2. The first-order valence-corrected chi connectivity index (χ1v) is 11.7. The van der Waals surface area contributed by atoms with Gasteiger partial charge in [-0.25, -0.2) is 17.2 Å². The minimum atomic E-state index is -4.30. The number of hydrogen-bond donors (Lipinski definition) is 1. The monoisotopic (exact) mass is 490 g/mol. The van der Waals surface area contributed by atoms with Crippen LogP contribution in [0.5, 0.6) is 11.5 Å². The molecule has 0 spiro atoms. The maximum absolute atomic E-state index is 14.0. The molecule has 0 atom stereocenters. The molecule has 1 N–H and O–H groups in total. The first kappa shape index (κ1) is 25.0. The average molecular weight is 491 g/mol. The van der Waals surface area contributed by atoms with Crippen LogP contribution in [0.2, 0.25) is 0 Å². The number of carbonyl (C=O) groups is 1. The molecular weight excluding hydrogens is 466 g/mol. The van der Waals surface area contributed by atoms with E-state index in [1.807, 2.05) is 6.92 Å². The molecule has 0 aliphatic rings. The summed E-state index contributed by atoms with van der Waals surface area (Å²) in [6.45, 7) is 3.29. The van der Waals surface area contributed by atoms with Crippen LogP contribution in [0, 0.1) is 18.6 Å². The van der Waals surface area contributed by atoms with E-state index in [0.29, 0.717) is 24.0 Å². The third-order valence-electron chi connectivity index (χ3n) is 4.82. The van der Waals surface area contributed by atoms with Crippen molar-refractivity contribution in [1.82, 2.24) is 0 Å². The normalized spacial score (nSPS) is 11.1. The second-order valence-corrected chi connectivity index (χ2v) is 9.10. The van der Waals surface area contributed by atoms with Gasteiger partial charge >= 0.3 is 0 Å². The van der Waals surface area contributed by atoms with Gasteiger partial charge in [-0.05, 0) is 67.9 Å². The number of halogens is 2. The number of ether oxygens (including phenoxy) is 2. The number of hydrogen-bond acceptors (Lipinski definition) is 5. The van der Waals surface area contributed by atoms with E-state index >= 15 is 0 Å². The van der Waals surface area contributed by atoms with Gasteiger partial charge in [0.15, 0.2) is 0 Å². The molecular formula is C24H24F2N2O5S. The lowest BCUT2D eigenvalue weighted by Gasteiger charge is -2.25. The van der Waals surface area contributed by atoms with Crippen LogP contribution < -0.4 is 19.1 Å². The van der Waals surface area contributed by atoms with Crippen molar-refractivity contribution in [2.24, 2.45) is 0 Å². The number of anilines is 2. The Balaban J connectivity index is 2.01. The summed E-state index contributed by atoms with van der Waals surface area (Å²) in [6, 6.07) is 13.5. The quantitative estimate of drug-likeness (QED) is 0.477. The number of amides is 1. The fourth-order valence-electron chi connectivity index (χ4n) is 3.21. The van der Waals surface area contributed by atoms with Gasteiger partial charge in [-0.3, -0.25) is 9.10 Å². The SMILES string of the molecule is CCOc1ccc(N(CC(=O)Nc2ccc(F)cc2F)S(=O)(=O)c2cc(C)ccc2OC)cc1. The Morgan fingerprint density at radius 3 is 2.35 bits per heavy atom. The molecule has 0 radical (unpaired) electrons. The third-order valence-corrected chi connectivity index (χ3v) is 6.61. The standard InChI is InChI=1S/C24H24F2N2O5S/c1-4-33-19-9-7-18(8-10-19)28(15-24(29)27-21-11-6-17(25)14-20(21)26)34(30,31)23-13-16(2)5-12-22(23)32-3/h5-14H,4,15H2,1-3H3,(H,27,29). The Labute approximate surface area is 197 Å². The molecule has 0 aromatic heterocycles. The van der Waals surface area contributed by atoms with Crippen LogP contribution in [0.25, 0.3) is 0 Å². The van der Waals surface area contributed by atoms with Crippen molar-refractivity contribution >= 4 is 27.3 Å². The maximum atomic E-state index is 14.0. The first-order chi connectivity index (χ1) is 16.1. The van der Waals surface area contributed by atoms with Gasteiger partial charge in [-0.1, -0.05) is 6.07 Å². The molecule has 0 aliphatic heterocycles. The summed E-state index contributed by atoms with van der Waals surface area (Å²) in [5.41, 5.74) is 0.578. The third kappa shape index (κ3) is 5.63. The number of nitrogens with one attached hydrogen (secondary N) is 1. The summed E-state index contributed by atoms with van der Waals surface area (Å²) < 4.78 is 66.1. The van der Waals surface area contributed by atoms with Crippen molar-refractivity contribution < 1.29 is 31.5 Å². The van der Waals surface area contributed by atoms with Gasteiger partial charge < -0.3 is 14.8 Å². The number of rotatable bonds is 9. The van der Waals surface area contributed by atoms with E-state index < -0.39 is 34.1 Å². The summed E-state index contributed by atoms with van der Waals surface area (Å²) in [5.74, 6) is -1.99. The van der Waals surface area contributed by atoms with Crippen molar-refractivity contribution in [3.8, 4) is 11.5 Å². The molecule has 0 saturated heterocycles. The molecule has 0 heterocycles. The lowest BCUT2D eigenvalue weighted by Crippen LogP contribution is -2.38. The average Bonchev–Trinajstić information content (AvgIpc) is 2.80. The number of benzene rings is 3. The number of methoxy groups -OCH3 is 1. The van der Waals surface area contributed by atoms with Crippen molar-refractivity contribution in [2.75, 3.05) is 29.9 Å². The van der Waals surface area contributed by atoms with Crippen LogP contribution in [0.3, 0.4) is 0 Å². The molecule has 0 saturated carbocycles. The Morgan fingerprint density at radius 1 is 1.03 bits per heavy atom. The van der Waals surface area contributed by atoms with Crippen LogP contribution in [0.1, 0.15) is 12.5 Å². The Hall–Kier alpha value is -3.66. The van der Waals surface area contributed by atoms with E-state index in [9.17, 15) is 22.0 Å². The molecule has 0 fully saturated rings. The number of aryl methyl sites for hydroxylation is 1. The first-order valence-electron chi connectivity index (χ1n) is 10.3. The van der Waals surface area contributed by atoms with Crippen LogP contribution in [0.4, 0.5) is 20.2 Å². The number of nitrogens with zero attached hydrogens (tertiary/aromatic N) is 1. The van der Waals surface area contributed by atoms with Crippen molar-refractivity contribution in [3.63, 3.8) is 0 Å². The molecule has 3 aromatic rings. The highest BCUT2D eigenvalue weighted by molar-refractivity contribution is 7.93. The predicted octanol–water partition coefficient (Wildman–Crippen LogP) is 4.51. The highest BCUT2D eigenvalue weighted by Crippen LogP contribution is 2.32. The van der Waals surface area contributed by atoms with E-state index in [1.54, 1.807) is 25.1 Å². The van der Waals surface area contributed by atoms with E-state index in [4.69, 9.17) is 9.47 Å². The molecule has 0 bridgehead atoms. The molecule has 34 heavy (non-hydrogen) atoms. The lowest BCUT2D eigenvalue weighted by molar-refractivity contribution is -0.114. The molecule has 1 amide bonds. The highest BCUT2D eigenvalue weighted by Gasteiger charge is 2.30. The predicted molar refractivity (Wildman–Crippen MR) is 125 cm³/mol. The molecule has 180 valence electrons. The molecule has 7 nitrogen and oxygen atoms in total. The van der Waals surface area contributed by atoms with Gasteiger partial charge in [0.05, 0.1) is 25.1 Å². The van der Waals surface area contributed by atoms with Crippen LogP contribution >= 0.6 is 0 Å². The fraction of sp³-hybridized carbons (Fsp3) is 0.208. The number of carbonyl (C=O) groups excluding carboxylic acids is 1. The van der Waals surface area contributed by atoms with E-state index in [0.717, 1.165) is 16.4 Å². The molecule has 0 unspecified atom stereocenters. The zero-order valence-corrected chi connectivity index (χ0v) is 19.7. The zero-order valence-electron chi connectivity index (χ0n) is 18.8. The van der Waals surface area contributed by atoms with Gasteiger partial charge in [0.2, 0.25) is 5.91 Å². The fourth-order valence-corrected chi connectivity index (χ4v) is 4.87. The van der Waals surface area contributed by atoms with E-state index in [1.165, 1.54) is 31.4 Å². The summed E-state index contributed by atoms with van der Waals surface area (Å²) in [5, 5.41) is 2.29. The second kappa shape index (κ2) is 10.5. The van der Waals surface area contributed by atoms with Gasteiger partial charge in [0.1, 0.15) is 34.6 Å². The molecule has 3 rings (SSSR count). The summed E-state index contributed by atoms with van der Waals surface area (Å²) in [6.07, 6.45) is 0. The van der Waals surface area contributed by atoms with E-state index in [2.05, 4.69) is 5.32 Å². The largest absolute Gasteiger partial charge is 0.495 e. The van der Waals surface area contributed by atoms with E-state index in [-0.39, 0.29) is 22.0 Å². The topological polar surface area (TPSA) is 84.9 Å². The summed E-state index contributed by atoms with van der Waals surface area (Å²) in [4.78, 5) is 12.6. The zero-order chi connectivity index (χ0) is 24.9. The Kier molecular flexibility index (Phi) is 7.72. The molecule has 3 aromatic carbocycles. The van der Waals surface area contributed by atoms with Crippen LogP contribution in [-0.4, -0.2) is 34.6 Å².